The van der Waals surface area contributed by atoms with E-state index in [4.69, 9.17) is 19.4 Å². The third-order valence-electron chi connectivity index (χ3n) is 11.0. The molecule has 0 atom stereocenters. The fourth-order valence-corrected chi connectivity index (χ4v) is 8.28. The quantitative estimate of drug-likeness (QED) is 0.171. The number of nitrogens with zero attached hydrogens (tertiary/aromatic N) is 3. The van der Waals surface area contributed by atoms with Gasteiger partial charge in [0.05, 0.1) is 5.56 Å². The summed E-state index contributed by atoms with van der Waals surface area (Å²) < 4.78 is 6.44. The number of rotatable bonds is 6. The largest absolute Gasteiger partial charge is 0.455 e. The van der Waals surface area contributed by atoms with Crippen molar-refractivity contribution in [2.24, 2.45) is 0 Å². The van der Waals surface area contributed by atoms with E-state index in [1.165, 1.54) is 43.8 Å². The molecule has 4 heteroatoms. The molecule has 2 aromatic heterocycles. The molecule has 0 saturated carbocycles. The van der Waals surface area contributed by atoms with Gasteiger partial charge in [-0.05, 0) is 73.1 Å². The number of furan rings is 1. The van der Waals surface area contributed by atoms with Gasteiger partial charge < -0.3 is 4.42 Å². The van der Waals surface area contributed by atoms with Gasteiger partial charge >= 0.3 is 0 Å². The third kappa shape index (κ3) is 5.66. The lowest BCUT2D eigenvalue weighted by Gasteiger charge is -2.18. The molecular formula is C53H33N3O. The van der Waals surface area contributed by atoms with E-state index in [1.54, 1.807) is 0 Å². The fourth-order valence-electron chi connectivity index (χ4n) is 8.28. The first-order valence-corrected chi connectivity index (χ1v) is 19.2. The Kier molecular flexibility index (Phi) is 7.78. The molecule has 0 N–H and O–H groups in total. The summed E-state index contributed by atoms with van der Waals surface area (Å²) in [4.78, 5) is 15.3. The van der Waals surface area contributed by atoms with Crippen molar-refractivity contribution < 1.29 is 4.42 Å². The minimum atomic E-state index is 0.563. The summed E-state index contributed by atoms with van der Waals surface area (Å²) in [7, 11) is 0. The smallest absolute Gasteiger partial charge is 0.167 e. The fraction of sp³-hybridized carbons (Fsp3) is 0. The average Bonchev–Trinajstić information content (AvgIpc) is 3.68. The van der Waals surface area contributed by atoms with Crippen LogP contribution in [0.4, 0.5) is 0 Å². The first kappa shape index (κ1) is 32.7. The number of fused-ring (bicyclic) bond motifs is 5. The normalized spacial score (nSPS) is 11.5. The number of hydrogen-bond acceptors (Lipinski definition) is 4. The predicted molar refractivity (Wildman–Crippen MR) is 235 cm³/mol. The van der Waals surface area contributed by atoms with E-state index in [0.29, 0.717) is 17.5 Å². The topological polar surface area (TPSA) is 51.8 Å². The SMILES string of the molecule is c1ccc(-c2nc(-c3cccc(-c4ccc(-c5c(-c6ccccc6)ccc6ccccc56)c5ccccc45)c3)nc(-c3cccc4c3oc3ccccc34)n2)cc1. The maximum atomic E-state index is 6.44. The van der Waals surface area contributed by atoms with Crippen LogP contribution in [0.5, 0.6) is 0 Å². The maximum absolute atomic E-state index is 6.44. The molecule has 0 aliphatic carbocycles. The maximum Gasteiger partial charge on any atom is 0.167 e. The molecule has 0 amide bonds. The van der Waals surface area contributed by atoms with Crippen LogP contribution in [-0.4, -0.2) is 15.0 Å². The zero-order chi connectivity index (χ0) is 37.7. The van der Waals surface area contributed by atoms with Crippen molar-refractivity contribution in [2.45, 2.75) is 0 Å². The van der Waals surface area contributed by atoms with Gasteiger partial charge in [-0.25, -0.2) is 15.0 Å². The van der Waals surface area contributed by atoms with E-state index < -0.39 is 0 Å². The molecule has 2 heterocycles. The zero-order valence-corrected chi connectivity index (χ0v) is 30.8. The highest BCUT2D eigenvalue weighted by Gasteiger charge is 2.20. The molecular weight excluding hydrogens is 695 g/mol. The molecule has 0 radical (unpaired) electrons. The molecule has 266 valence electrons. The van der Waals surface area contributed by atoms with Crippen molar-refractivity contribution in [2.75, 3.05) is 0 Å². The van der Waals surface area contributed by atoms with Crippen LogP contribution in [0.1, 0.15) is 0 Å². The molecule has 11 rings (SSSR count). The van der Waals surface area contributed by atoms with Gasteiger partial charge in [0.25, 0.3) is 0 Å². The summed E-state index contributed by atoms with van der Waals surface area (Å²) in [5.74, 6) is 1.76. The van der Waals surface area contributed by atoms with Crippen LogP contribution in [0.2, 0.25) is 0 Å². The third-order valence-corrected chi connectivity index (χ3v) is 11.0. The summed E-state index contributed by atoms with van der Waals surface area (Å²) in [6.07, 6.45) is 0. The van der Waals surface area contributed by atoms with Crippen molar-refractivity contribution in [3.63, 3.8) is 0 Å². The number of aromatic nitrogens is 3. The van der Waals surface area contributed by atoms with Gasteiger partial charge in [0.2, 0.25) is 0 Å². The number of para-hydroxylation sites is 2. The highest BCUT2D eigenvalue weighted by Crippen LogP contribution is 2.44. The highest BCUT2D eigenvalue weighted by molar-refractivity contribution is 6.13. The highest BCUT2D eigenvalue weighted by atomic mass is 16.3. The second kappa shape index (κ2) is 13.6. The van der Waals surface area contributed by atoms with Gasteiger partial charge in [0.1, 0.15) is 11.2 Å². The van der Waals surface area contributed by atoms with Gasteiger partial charge in [-0.2, -0.15) is 0 Å². The molecule has 9 aromatic carbocycles. The Balaban J connectivity index is 1.08. The monoisotopic (exact) mass is 727 g/mol. The molecule has 0 aliphatic heterocycles. The minimum Gasteiger partial charge on any atom is -0.455 e. The summed E-state index contributed by atoms with van der Waals surface area (Å²) in [6.45, 7) is 0. The zero-order valence-electron chi connectivity index (χ0n) is 30.8. The Morgan fingerprint density at radius 3 is 1.65 bits per heavy atom. The van der Waals surface area contributed by atoms with E-state index in [-0.39, 0.29) is 0 Å². The Morgan fingerprint density at radius 1 is 0.298 bits per heavy atom. The molecule has 57 heavy (non-hydrogen) atoms. The van der Waals surface area contributed by atoms with Gasteiger partial charge in [0, 0.05) is 21.9 Å². The van der Waals surface area contributed by atoms with E-state index in [2.05, 4.69) is 140 Å². The van der Waals surface area contributed by atoms with Crippen LogP contribution in [0, 0.1) is 0 Å². The van der Waals surface area contributed by atoms with Gasteiger partial charge in [-0.15, -0.1) is 0 Å². The van der Waals surface area contributed by atoms with E-state index in [9.17, 15) is 0 Å². The first-order chi connectivity index (χ1) is 28.3. The van der Waals surface area contributed by atoms with Crippen LogP contribution < -0.4 is 0 Å². The van der Waals surface area contributed by atoms with E-state index >= 15 is 0 Å². The molecule has 11 aromatic rings. The van der Waals surface area contributed by atoms with Crippen LogP contribution in [-0.2, 0) is 0 Å². The molecule has 0 saturated heterocycles. The van der Waals surface area contributed by atoms with Crippen molar-refractivity contribution >= 4 is 43.5 Å². The first-order valence-electron chi connectivity index (χ1n) is 19.2. The number of hydrogen-bond donors (Lipinski definition) is 0. The van der Waals surface area contributed by atoms with Gasteiger partial charge in [0.15, 0.2) is 17.5 Å². The lowest BCUT2D eigenvalue weighted by atomic mass is 9.85. The average molecular weight is 728 g/mol. The van der Waals surface area contributed by atoms with Crippen molar-refractivity contribution in [1.82, 2.24) is 15.0 Å². The molecule has 4 nitrogen and oxygen atoms in total. The second-order valence-electron chi connectivity index (χ2n) is 14.3. The summed E-state index contributed by atoms with van der Waals surface area (Å²) in [6, 6.07) is 70.1. The van der Waals surface area contributed by atoms with E-state index in [1.807, 2.05) is 60.7 Å². The molecule has 0 bridgehead atoms. The second-order valence-corrected chi connectivity index (χ2v) is 14.3. The van der Waals surface area contributed by atoms with Gasteiger partial charge in [-0.1, -0.05) is 182 Å². The van der Waals surface area contributed by atoms with Crippen molar-refractivity contribution in [1.29, 1.82) is 0 Å². The predicted octanol–water partition coefficient (Wildman–Crippen LogP) is 14.1. The summed E-state index contributed by atoms with van der Waals surface area (Å²) >= 11 is 0. The molecule has 0 unspecified atom stereocenters. The lowest BCUT2D eigenvalue weighted by molar-refractivity contribution is 0.669. The van der Waals surface area contributed by atoms with E-state index in [0.717, 1.165) is 49.8 Å². The molecule has 0 aliphatic rings. The Bertz CT molecular complexity index is 3300. The Morgan fingerprint density at radius 2 is 0.842 bits per heavy atom. The molecule has 0 spiro atoms. The van der Waals surface area contributed by atoms with Crippen molar-refractivity contribution in [3.8, 4) is 67.5 Å². The number of benzene rings is 9. The van der Waals surface area contributed by atoms with Crippen LogP contribution in [0.15, 0.2) is 205 Å². The standard InChI is InChI=1S/C53H33N3O/c1-3-15-34(16-4-1)41-30-29-35-17-7-8-22-40(35)49(41)45-32-31-39(42-23-9-10-24-43(42)45)37-20-13-21-38(33-37)52-54-51(36-18-5-2-6-19-36)55-53(56-52)47-27-14-26-46-44-25-11-12-28-48(44)57-50(46)47/h1-33H. The van der Waals surface area contributed by atoms with Crippen molar-refractivity contribution in [3.05, 3.63) is 200 Å². The van der Waals surface area contributed by atoms with Crippen LogP contribution in [0.25, 0.3) is 111 Å². The van der Waals surface area contributed by atoms with Crippen LogP contribution in [0.3, 0.4) is 0 Å². The Labute approximate surface area is 329 Å². The molecule has 0 fully saturated rings. The summed E-state index contributed by atoms with van der Waals surface area (Å²) in [5, 5.41) is 6.92. The minimum absolute atomic E-state index is 0.563. The van der Waals surface area contributed by atoms with Gasteiger partial charge in [-0.3, -0.25) is 0 Å². The van der Waals surface area contributed by atoms with Crippen LogP contribution >= 0.6 is 0 Å². The summed E-state index contributed by atoms with van der Waals surface area (Å²) in [5.41, 5.74) is 11.3. The lowest BCUT2D eigenvalue weighted by Crippen LogP contribution is -2.00. The Hall–Kier alpha value is -7.69.